The summed E-state index contributed by atoms with van der Waals surface area (Å²) in [6.07, 6.45) is 0.848. The molecule has 4 nitrogen and oxygen atoms in total. The van der Waals surface area contributed by atoms with Gasteiger partial charge < -0.3 is 13.0 Å². The average Bonchev–Trinajstić information content (AvgIpc) is 2.30. The molecule has 0 aromatic carbocycles. The second-order valence-corrected chi connectivity index (χ2v) is 17.1. The smallest absolute Gasteiger partial charge is 0.333 e. The maximum absolute atomic E-state index is 11.2. The molecule has 0 aliphatic rings. The van der Waals surface area contributed by atoms with Gasteiger partial charge in [0.05, 0.1) is 6.61 Å². The Kier molecular flexibility index (Phi) is 10.7. The zero-order valence-electron chi connectivity index (χ0n) is 14.2. The predicted octanol–water partition coefficient (Wildman–Crippen LogP) is 2.92. The number of carbonyl (C=O) groups excluding carboxylic acids is 1. The molecule has 0 unspecified atom stereocenters. The maximum Gasteiger partial charge on any atom is 0.333 e. The molecule has 0 saturated carbocycles. The monoisotopic (exact) mass is 361 g/mol. The van der Waals surface area contributed by atoms with Crippen molar-refractivity contribution >= 4 is 42.1 Å². The Hall–Kier alpha value is -0.00247. The molecule has 0 saturated heterocycles. The highest BCUT2D eigenvalue weighted by molar-refractivity contribution is 6.85. The summed E-state index contributed by atoms with van der Waals surface area (Å²) in [6.45, 7) is 16.9. The van der Waals surface area contributed by atoms with Crippen molar-refractivity contribution < 1.29 is 17.8 Å². The Morgan fingerprint density at radius 3 is 2.52 bits per heavy atom. The summed E-state index contributed by atoms with van der Waals surface area (Å²) in [5.41, 5.74) is 1.59. The van der Waals surface area contributed by atoms with E-state index in [1.165, 1.54) is 0 Å². The molecule has 0 bridgehead atoms. The quantitative estimate of drug-likeness (QED) is 0.246. The third-order valence-corrected chi connectivity index (χ3v) is 14.7. The Morgan fingerprint density at radius 1 is 1.38 bits per heavy atom. The highest BCUT2D eigenvalue weighted by atomic mass is 28.4. The van der Waals surface area contributed by atoms with Crippen molar-refractivity contribution in [2.24, 2.45) is 0 Å². The van der Waals surface area contributed by atoms with Gasteiger partial charge in [-0.1, -0.05) is 6.58 Å². The Morgan fingerprint density at radius 2 is 2.00 bits per heavy atom. The van der Waals surface area contributed by atoms with Crippen molar-refractivity contribution in [1.29, 1.82) is 0 Å². The molecule has 121 valence electrons. The van der Waals surface area contributed by atoms with Crippen LogP contribution in [0.15, 0.2) is 12.2 Å². The summed E-state index contributed by atoms with van der Waals surface area (Å²) in [5.74, 6) is -0.304. The van der Waals surface area contributed by atoms with Crippen molar-refractivity contribution in [3.05, 3.63) is 12.2 Å². The zero-order chi connectivity index (χ0) is 16.5. The minimum Gasteiger partial charge on any atom is -0.462 e. The first-order valence-corrected chi connectivity index (χ1v) is 16.5. The van der Waals surface area contributed by atoms with E-state index < -0.39 is 26.4 Å². The fraction of sp³-hybridized carbons (Fsp3) is 0.769. The van der Waals surface area contributed by atoms with E-state index in [0.717, 1.165) is 18.1 Å². The molecular formula is C13H29O4Si4. The molecule has 0 fully saturated rings. The van der Waals surface area contributed by atoms with Gasteiger partial charge in [-0.05, 0) is 57.8 Å². The predicted molar refractivity (Wildman–Crippen MR) is 95.9 cm³/mol. The lowest BCUT2D eigenvalue weighted by molar-refractivity contribution is -0.138. The van der Waals surface area contributed by atoms with Crippen LogP contribution in [0.3, 0.4) is 0 Å². The second-order valence-electron chi connectivity index (χ2n) is 6.07. The van der Waals surface area contributed by atoms with Gasteiger partial charge in [0.2, 0.25) is 9.76 Å². The van der Waals surface area contributed by atoms with E-state index >= 15 is 0 Å². The topological polar surface area (TPSA) is 44.8 Å². The molecule has 0 aliphatic carbocycles. The molecule has 0 amide bonds. The van der Waals surface area contributed by atoms with E-state index in [1.54, 1.807) is 6.92 Å². The standard InChI is InChI=1S/C13H29O4Si4/c1-12(2)13(14)15-9-8-10-18-16-21(6,7)11-20(5)17-19(3)4/h19H,1,8-11H2,2-7H3. The Labute approximate surface area is 136 Å². The van der Waals surface area contributed by atoms with Crippen molar-refractivity contribution in [3.63, 3.8) is 0 Å². The van der Waals surface area contributed by atoms with Crippen LogP contribution in [0, 0.1) is 0 Å². The van der Waals surface area contributed by atoms with Gasteiger partial charge >= 0.3 is 5.97 Å². The highest BCUT2D eigenvalue weighted by Gasteiger charge is 2.27. The largest absolute Gasteiger partial charge is 0.462 e. The van der Waals surface area contributed by atoms with Crippen LogP contribution < -0.4 is 0 Å². The lowest BCUT2D eigenvalue weighted by Gasteiger charge is -2.26. The number of esters is 1. The normalized spacial score (nSPS) is 12.0. The van der Waals surface area contributed by atoms with Crippen molar-refractivity contribution in [2.45, 2.75) is 57.8 Å². The summed E-state index contributed by atoms with van der Waals surface area (Å²) < 4.78 is 17.2. The summed E-state index contributed by atoms with van der Waals surface area (Å²) in [4.78, 5) is 11.2. The van der Waals surface area contributed by atoms with E-state index in [9.17, 15) is 4.79 Å². The van der Waals surface area contributed by atoms with Crippen molar-refractivity contribution in [1.82, 2.24) is 0 Å². The van der Waals surface area contributed by atoms with Crippen molar-refractivity contribution in [2.75, 3.05) is 6.61 Å². The van der Waals surface area contributed by atoms with Crippen LogP contribution in [0.5, 0.6) is 0 Å². The van der Waals surface area contributed by atoms with E-state index in [1.807, 2.05) is 0 Å². The SMILES string of the molecule is C=C(C)C(=O)OCCC[Si]O[Si](C)(C)C[Si](C)O[SiH](C)C. The van der Waals surface area contributed by atoms with Gasteiger partial charge in [-0.3, -0.25) is 0 Å². The fourth-order valence-corrected chi connectivity index (χ4v) is 14.1. The molecule has 21 heavy (non-hydrogen) atoms. The fourth-order valence-electron chi connectivity index (χ4n) is 1.76. The molecule has 0 atom stereocenters. The lowest BCUT2D eigenvalue weighted by Crippen LogP contribution is -2.39. The van der Waals surface area contributed by atoms with Crippen LogP contribution in [0.1, 0.15) is 13.3 Å². The van der Waals surface area contributed by atoms with Crippen LogP contribution in [0.4, 0.5) is 0 Å². The van der Waals surface area contributed by atoms with Gasteiger partial charge in [-0.25, -0.2) is 4.79 Å². The number of carbonyl (C=O) groups is 1. The number of ether oxygens (including phenoxy) is 1. The maximum atomic E-state index is 11.2. The summed E-state index contributed by atoms with van der Waals surface area (Å²) in [7, 11) is -2.71. The third-order valence-electron chi connectivity index (χ3n) is 2.46. The van der Waals surface area contributed by atoms with E-state index in [2.05, 4.69) is 39.3 Å². The first kappa shape index (κ1) is 21.0. The van der Waals surface area contributed by atoms with Crippen LogP contribution in [-0.4, -0.2) is 48.7 Å². The molecular weight excluding hydrogens is 332 g/mol. The van der Waals surface area contributed by atoms with Gasteiger partial charge in [-0.2, -0.15) is 0 Å². The second kappa shape index (κ2) is 10.7. The highest BCUT2D eigenvalue weighted by Crippen LogP contribution is 2.14. The minimum atomic E-state index is -1.60. The number of hydrogen-bond donors (Lipinski definition) is 0. The average molecular weight is 362 g/mol. The van der Waals surface area contributed by atoms with Crippen LogP contribution >= 0.6 is 0 Å². The van der Waals surface area contributed by atoms with Gasteiger partial charge in [0.25, 0.3) is 0 Å². The molecule has 0 N–H and O–H groups in total. The molecule has 0 aliphatic heterocycles. The van der Waals surface area contributed by atoms with Crippen LogP contribution in [-0.2, 0) is 17.8 Å². The Bertz CT molecular complexity index is 334. The first-order chi connectivity index (χ1) is 9.64. The molecule has 0 heterocycles. The molecule has 3 radical (unpaired) electrons. The van der Waals surface area contributed by atoms with E-state index in [4.69, 9.17) is 13.0 Å². The van der Waals surface area contributed by atoms with Gasteiger partial charge in [0.1, 0.15) is 0 Å². The third kappa shape index (κ3) is 12.2. The summed E-state index contributed by atoms with van der Waals surface area (Å²) in [5, 5.41) is 0. The number of hydrogen-bond acceptors (Lipinski definition) is 4. The zero-order valence-corrected chi connectivity index (χ0v) is 18.4. The molecule has 0 rings (SSSR count). The minimum absolute atomic E-state index is 0.304. The molecule has 0 aromatic rings. The van der Waals surface area contributed by atoms with E-state index in [-0.39, 0.29) is 5.97 Å². The van der Waals surface area contributed by atoms with Crippen molar-refractivity contribution in [3.8, 4) is 0 Å². The molecule has 0 spiro atoms. The summed E-state index contributed by atoms with van der Waals surface area (Å²) in [6, 6.07) is 0.950. The Balaban J connectivity index is 3.74. The molecule has 8 heteroatoms. The van der Waals surface area contributed by atoms with E-state index in [0.29, 0.717) is 21.9 Å². The van der Waals surface area contributed by atoms with Gasteiger partial charge in [-0.15, -0.1) is 0 Å². The van der Waals surface area contributed by atoms with Gasteiger partial charge in [0.15, 0.2) is 26.4 Å². The van der Waals surface area contributed by atoms with Crippen LogP contribution in [0.25, 0.3) is 0 Å². The first-order valence-electron chi connectivity index (χ1n) is 7.36. The van der Waals surface area contributed by atoms with Crippen LogP contribution in [0.2, 0.25) is 44.4 Å². The number of rotatable bonds is 11. The van der Waals surface area contributed by atoms with Gasteiger partial charge in [0, 0.05) is 5.57 Å². The lowest BCUT2D eigenvalue weighted by atomic mass is 10.4. The summed E-state index contributed by atoms with van der Waals surface area (Å²) >= 11 is 0. The molecule has 0 aromatic heterocycles.